The third-order valence-corrected chi connectivity index (χ3v) is 3.99. The minimum absolute atomic E-state index is 0.805. The Morgan fingerprint density at radius 2 is 1.95 bits per heavy atom. The normalized spacial score (nSPS) is 14.7. The average molecular weight is 290 g/mol. The number of aryl methyl sites for hydroxylation is 1. The van der Waals surface area contributed by atoms with Crippen LogP contribution in [0.3, 0.4) is 0 Å². The number of hydrogen-bond donors (Lipinski definition) is 0. The van der Waals surface area contributed by atoms with E-state index in [1.807, 2.05) is 13.8 Å². The van der Waals surface area contributed by atoms with Crippen molar-refractivity contribution in [2.45, 2.75) is 20.8 Å². The Bertz CT molecular complexity index is 533. The van der Waals surface area contributed by atoms with Crippen LogP contribution < -0.4 is 4.90 Å². The van der Waals surface area contributed by atoms with Crippen molar-refractivity contribution in [1.82, 2.24) is 4.98 Å². The summed E-state index contributed by atoms with van der Waals surface area (Å²) in [6.45, 7) is 9.61. The maximum absolute atomic E-state index is 5.36. The maximum atomic E-state index is 5.36. The van der Waals surface area contributed by atoms with Gasteiger partial charge in [0.2, 0.25) is 0 Å². The summed E-state index contributed by atoms with van der Waals surface area (Å²) in [6, 6.07) is 8.49. The van der Waals surface area contributed by atoms with Crippen LogP contribution in [-0.2, 0) is 4.74 Å². The highest BCUT2D eigenvalue weighted by Crippen LogP contribution is 2.28. The molecule has 20 heavy (non-hydrogen) atoms. The summed E-state index contributed by atoms with van der Waals surface area (Å²) in [7, 11) is 0. The largest absolute Gasteiger partial charge is 0.378 e. The number of thiazole rings is 1. The van der Waals surface area contributed by atoms with Gasteiger partial charge in [-0.25, -0.2) is 4.98 Å². The second-order valence-electron chi connectivity index (χ2n) is 4.48. The van der Waals surface area contributed by atoms with Gasteiger partial charge in [-0.2, -0.15) is 0 Å². The highest BCUT2D eigenvalue weighted by atomic mass is 32.1. The number of benzene rings is 1. The number of ether oxygens (including phenoxy) is 1. The van der Waals surface area contributed by atoms with E-state index in [0.717, 1.165) is 37.1 Å². The number of aromatic nitrogens is 1. The van der Waals surface area contributed by atoms with Gasteiger partial charge in [0.1, 0.15) is 0 Å². The van der Waals surface area contributed by atoms with E-state index in [-0.39, 0.29) is 0 Å². The minimum Gasteiger partial charge on any atom is -0.378 e. The van der Waals surface area contributed by atoms with Crippen LogP contribution in [0.5, 0.6) is 0 Å². The van der Waals surface area contributed by atoms with Crippen LogP contribution in [0.25, 0.3) is 11.3 Å². The molecule has 3 rings (SSSR count). The Balaban J connectivity index is 0.000000704. The first-order chi connectivity index (χ1) is 9.83. The van der Waals surface area contributed by atoms with E-state index in [1.54, 1.807) is 11.3 Å². The standard InChI is InChI=1S/C14H16N2OS.C2H6/c1-11-3-2-4-12(9-11)13-10-18-14(15-13)16-5-7-17-8-6-16;1-2/h2-4,9-10H,5-8H2,1H3;1-2H3. The lowest BCUT2D eigenvalue weighted by Crippen LogP contribution is -2.36. The molecule has 1 aromatic carbocycles. The summed E-state index contributed by atoms with van der Waals surface area (Å²) in [6.07, 6.45) is 0. The van der Waals surface area contributed by atoms with Crippen molar-refractivity contribution < 1.29 is 4.74 Å². The van der Waals surface area contributed by atoms with Crippen LogP contribution in [0.1, 0.15) is 19.4 Å². The van der Waals surface area contributed by atoms with Crippen molar-refractivity contribution in [3.05, 3.63) is 35.2 Å². The van der Waals surface area contributed by atoms with Gasteiger partial charge in [-0.15, -0.1) is 11.3 Å². The molecule has 0 aliphatic carbocycles. The number of nitrogens with zero attached hydrogens (tertiary/aromatic N) is 2. The zero-order chi connectivity index (χ0) is 14.4. The van der Waals surface area contributed by atoms with Gasteiger partial charge < -0.3 is 9.64 Å². The number of morpholine rings is 1. The molecule has 3 nitrogen and oxygen atoms in total. The summed E-state index contributed by atoms with van der Waals surface area (Å²) in [5.74, 6) is 0. The van der Waals surface area contributed by atoms with Crippen molar-refractivity contribution >= 4 is 16.5 Å². The second-order valence-corrected chi connectivity index (χ2v) is 5.32. The molecule has 4 heteroatoms. The summed E-state index contributed by atoms with van der Waals surface area (Å²) in [4.78, 5) is 7.03. The summed E-state index contributed by atoms with van der Waals surface area (Å²) in [5.41, 5.74) is 3.55. The molecule has 1 aliphatic heterocycles. The quantitative estimate of drug-likeness (QED) is 0.836. The lowest BCUT2D eigenvalue weighted by Gasteiger charge is -2.26. The highest BCUT2D eigenvalue weighted by Gasteiger charge is 2.15. The fraction of sp³-hybridized carbons (Fsp3) is 0.438. The molecule has 0 radical (unpaired) electrons. The molecule has 0 atom stereocenters. The maximum Gasteiger partial charge on any atom is 0.186 e. The molecular weight excluding hydrogens is 268 g/mol. The Morgan fingerprint density at radius 3 is 2.65 bits per heavy atom. The second kappa shape index (κ2) is 7.41. The molecule has 0 saturated carbocycles. The first kappa shape index (κ1) is 15.0. The van der Waals surface area contributed by atoms with Gasteiger partial charge in [0, 0.05) is 24.0 Å². The van der Waals surface area contributed by atoms with E-state index in [2.05, 4.69) is 41.5 Å². The number of rotatable bonds is 2. The first-order valence-electron chi connectivity index (χ1n) is 7.18. The summed E-state index contributed by atoms with van der Waals surface area (Å²) >= 11 is 1.72. The molecule has 0 unspecified atom stereocenters. The van der Waals surface area contributed by atoms with Crippen molar-refractivity contribution in [2.24, 2.45) is 0 Å². The van der Waals surface area contributed by atoms with Crippen molar-refractivity contribution in [3.8, 4) is 11.3 Å². The van der Waals surface area contributed by atoms with Crippen LogP contribution in [0, 0.1) is 6.92 Å². The lowest BCUT2D eigenvalue weighted by atomic mass is 10.1. The van der Waals surface area contributed by atoms with Gasteiger partial charge in [-0.3, -0.25) is 0 Å². The van der Waals surface area contributed by atoms with E-state index < -0.39 is 0 Å². The van der Waals surface area contributed by atoms with Crippen LogP contribution >= 0.6 is 11.3 Å². The van der Waals surface area contributed by atoms with Crippen LogP contribution in [0.15, 0.2) is 29.6 Å². The number of hydrogen-bond acceptors (Lipinski definition) is 4. The molecule has 2 heterocycles. The van der Waals surface area contributed by atoms with Gasteiger partial charge in [-0.1, -0.05) is 37.6 Å². The monoisotopic (exact) mass is 290 g/mol. The predicted molar refractivity (Wildman–Crippen MR) is 86.7 cm³/mol. The van der Waals surface area contributed by atoms with E-state index in [0.29, 0.717) is 0 Å². The van der Waals surface area contributed by atoms with E-state index in [4.69, 9.17) is 9.72 Å². The van der Waals surface area contributed by atoms with Crippen LogP contribution in [0.2, 0.25) is 0 Å². The Hall–Kier alpha value is -1.39. The van der Waals surface area contributed by atoms with Gasteiger partial charge in [0.25, 0.3) is 0 Å². The fourth-order valence-corrected chi connectivity index (χ4v) is 2.99. The molecule has 1 aromatic heterocycles. The summed E-state index contributed by atoms with van der Waals surface area (Å²) < 4.78 is 5.36. The molecular formula is C16H22N2OS. The third kappa shape index (κ3) is 3.58. The van der Waals surface area contributed by atoms with E-state index in [1.165, 1.54) is 11.1 Å². The molecule has 1 aliphatic rings. The highest BCUT2D eigenvalue weighted by molar-refractivity contribution is 7.14. The Labute approximate surface area is 125 Å². The van der Waals surface area contributed by atoms with Crippen molar-refractivity contribution in [3.63, 3.8) is 0 Å². The number of anilines is 1. The average Bonchev–Trinajstić information content (AvgIpc) is 3.00. The van der Waals surface area contributed by atoms with Gasteiger partial charge in [0.05, 0.1) is 18.9 Å². The molecule has 2 aromatic rings. The van der Waals surface area contributed by atoms with Gasteiger partial charge in [0.15, 0.2) is 5.13 Å². The van der Waals surface area contributed by atoms with Crippen LogP contribution in [0.4, 0.5) is 5.13 Å². The molecule has 108 valence electrons. The Kier molecular flexibility index (Phi) is 5.56. The van der Waals surface area contributed by atoms with E-state index >= 15 is 0 Å². The molecule has 1 fully saturated rings. The fourth-order valence-electron chi connectivity index (χ4n) is 2.10. The van der Waals surface area contributed by atoms with E-state index in [9.17, 15) is 0 Å². The minimum atomic E-state index is 0.805. The topological polar surface area (TPSA) is 25.4 Å². The van der Waals surface area contributed by atoms with Crippen molar-refractivity contribution in [1.29, 1.82) is 0 Å². The van der Waals surface area contributed by atoms with Crippen LogP contribution in [-0.4, -0.2) is 31.3 Å². The molecule has 0 N–H and O–H groups in total. The molecule has 1 saturated heterocycles. The molecule has 0 amide bonds. The third-order valence-electron chi connectivity index (χ3n) is 3.09. The predicted octanol–water partition coefficient (Wildman–Crippen LogP) is 3.98. The smallest absolute Gasteiger partial charge is 0.186 e. The lowest BCUT2D eigenvalue weighted by molar-refractivity contribution is 0.122. The van der Waals surface area contributed by atoms with Gasteiger partial charge in [-0.05, 0) is 13.0 Å². The first-order valence-corrected chi connectivity index (χ1v) is 8.06. The van der Waals surface area contributed by atoms with Crippen molar-refractivity contribution in [2.75, 3.05) is 31.2 Å². The SMILES string of the molecule is CC.Cc1cccc(-c2csc(N3CCOCC3)n2)c1. The Morgan fingerprint density at radius 1 is 1.20 bits per heavy atom. The molecule has 0 bridgehead atoms. The zero-order valence-corrected chi connectivity index (χ0v) is 13.2. The zero-order valence-electron chi connectivity index (χ0n) is 12.4. The molecule has 0 spiro atoms. The summed E-state index contributed by atoms with van der Waals surface area (Å²) in [5, 5.41) is 3.24. The van der Waals surface area contributed by atoms with Gasteiger partial charge >= 0.3 is 0 Å².